The largest absolute Gasteiger partial charge is 0.0928 e. The first-order valence-electron chi connectivity index (χ1n) is 2.85. The molecule has 8 heavy (non-hydrogen) atoms. The van der Waals surface area contributed by atoms with E-state index >= 15 is 0 Å². The predicted octanol–water partition coefficient (Wildman–Crippen LogP) is 3.58. The molecule has 2 heteroatoms. The molecule has 0 N–H and O–H groups in total. The van der Waals surface area contributed by atoms with Crippen molar-refractivity contribution in [2.75, 3.05) is 5.33 Å². The molecule has 0 amide bonds. The van der Waals surface area contributed by atoms with Crippen LogP contribution in [0.15, 0.2) is 0 Å². The minimum absolute atomic E-state index is 0.646. The molecule has 0 heterocycles. The van der Waals surface area contributed by atoms with Crippen molar-refractivity contribution < 1.29 is 0 Å². The Hall–Kier alpha value is 0.960. The minimum Gasteiger partial charge on any atom is -0.0928 e. The summed E-state index contributed by atoms with van der Waals surface area (Å²) in [7, 11) is 0. The lowest BCUT2D eigenvalue weighted by atomic mass is 10.6. The Balaban J connectivity index is 0. The van der Waals surface area contributed by atoms with Gasteiger partial charge in [0.05, 0.1) is 0 Å². The molecule has 0 aliphatic heterocycles. The maximum atomic E-state index is 3.27. The Morgan fingerprint density at radius 3 is 1.50 bits per heavy atom. The van der Waals surface area contributed by atoms with Crippen LogP contribution in [-0.2, 0) is 0 Å². The maximum Gasteiger partial charge on any atom is 0.00888 e. The lowest BCUT2D eigenvalue weighted by molar-refractivity contribution is 1.12. The van der Waals surface area contributed by atoms with E-state index in [4.69, 9.17) is 0 Å². The predicted molar refractivity (Wildman–Crippen MR) is 48.1 cm³/mol. The number of hydrogen-bond donors (Lipinski definition) is 0. The van der Waals surface area contributed by atoms with Gasteiger partial charge in [0.25, 0.3) is 0 Å². The summed E-state index contributed by atoms with van der Waals surface area (Å²) in [4.78, 5) is 0.646. The van der Waals surface area contributed by atoms with Gasteiger partial charge >= 0.3 is 0 Å². The van der Waals surface area contributed by atoms with Crippen molar-refractivity contribution in [3.8, 4) is 0 Å². The maximum absolute atomic E-state index is 3.27. The van der Waals surface area contributed by atoms with Gasteiger partial charge in [-0.3, -0.25) is 0 Å². The highest BCUT2D eigenvalue weighted by Gasteiger charge is 1.71. The van der Waals surface area contributed by atoms with Crippen LogP contribution < -0.4 is 0 Å². The molecule has 52 valence electrons. The average molecular weight is 246 g/mol. The molecule has 0 aliphatic rings. The summed E-state index contributed by atoms with van der Waals surface area (Å²) in [6.45, 7) is 6.30. The van der Waals surface area contributed by atoms with Crippen molar-refractivity contribution in [3.63, 3.8) is 0 Å². The van der Waals surface area contributed by atoms with E-state index < -0.39 is 0 Å². The number of alkyl halides is 2. The van der Waals surface area contributed by atoms with Crippen LogP contribution in [0.25, 0.3) is 0 Å². The van der Waals surface area contributed by atoms with E-state index in [1.54, 1.807) is 0 Å². The number of halogens is 2. The highest BCUT2D eigenvalue weighted by atomic mass is 79.9. The van der Waals surface area contributed by atoms with Gasteiger partial charge in [-0.25, -0.2) is 0 Å². The minimum atomic E-state index is 0.646. The third-order valence-electron chi connectivity index (χ3n) is 0.189. The highest BCUT2D eigenvalue weighted by Crippen LogP contribution is 1.89. The van der Waals surface area contributed by atoms with Gasteiger partial charge in [-0.15, -0.1) is 0 Å². The van der Waals surface area contributed by atoms with Crippen molar-refractivity contribution in [1.29, 1.82) is 0 Å². The molecule has 0 nitrogen and oxygen atoms in total. The smallest absolute Gasteiger partial charge is 0.00888 e. The molecule has 0 atom stereocenters. The second kappa shape index (κ2) is 10.9. The molecule has 0 bridgehead atoms. The van der Waals surface area contributed by atoms with Gasteiger partial charge in [-0.2, -0.15) is 0 Å². The Morgan fingerprint density at radius 1 is 1.38 bits per heavy atom. The van der Waals surface area contributed by atoms with Gasteiger partial charge in [0.1, 0.15) is 0 Å². The summed E-state index contributed by atoms with van der Waals surface area (Å²) in [5.74, 6) is 0. The van der Waals surface area contributed by atoms with E-state index in [1.807, 2.05) is 0 Å². The van der Waals surface area contributed by atoms with E-state index in [0.29, 0.717) is 4.83 Å². The third-order valence-corrected chi connectivity index (χ3v) is 0.982. The van der Waals surface area contributed by atoms with Crippen LogP contribution in [0.1, 0.15) is 27.2 Å². The van der Waals surface area contributed by atoms with Gasteiger partial charge in [-0.05, 0) is 6.42 Å². The molecular weight excluding hydrogens is 232 g/mol. The fourth-order valence-corrected chi connectivity index (χ4v) is 0. The molecule has 0 aromatic carbocycles. The van der Waals surface area contributed by atoms with Crippen molar-refractivity contribution in [2.24, 2.45) is 0 Å². The molecular formula is C6H14Br2. The van der Waals surface area contributed by atoms with Crippen LogP contribution in [-0.4, -0.2) is 10.2 Å². The zero-order valence-corrected chi connectivity index (χ0v) is 8.92. The molecule has 0 fully saturated rings. The molecule has 0 rings (SSSR count). The number of hydrogen-bond acceptors (Lipinski definition) is 0. The van der Waals surface area contributed by atoms with Crippen molar-refractivity contribution in [1.82, 2.24) is 0 Å². The summed E-state index contributed by atoms with van der Waals surface area (Å²) in [6, 6.07) is 0. The van der Waals surface area contributed by atoms with Crippen LogP contribution in [0, 0.1) is 0 Å². The quantitative estimate of drug-likeness (QED) is 0.620. The van der Waals surface area contributed by atoms with Gasteiger partial charge in [-0.1, -0.05) is 52.6 Å². The van der Waals surface area contributed by atoms with E-state index in [0.717, 1.165) is 5.33 Å². The molecule has 0 saturated carbocycles. The fourth-order valence-electron chi connectivity index (χ4n) is 0. The average Bonchev–Trinajstić information content (AvgIpc) is 1.65. The summed E-state index contributed by atoms with van der Waals surface area (Å²) in [5, 5.41) is 1.13. The second-order valence-corrected chi connectivity index (χ2v) is 4.33. The molecule has 0 aromatic rings. The van der Waals surface area contributed by atoms with Gasteiger partial charge in [0, 0.05) is 10.2 Å². The zero-order valence-electron chi connectivity index (χ0n) is 5.75. The van der Waals surface area contributed by atoms with Crippen LogP contribution in [0.4, 0.5) is 0 Å². The van der Waals surface area contributed by atoms with E-state index in [2.05, 4.69) is 52.6 Å². The summed E-state index contributed by atoms with van der Waals surface area (Å²) >= 11 is 6.52. The van der Waals surface area contributed by atoms with E-state index in [9.17, 15) is 0 Å². The standard InChI is InChI=1S/2C3H7Br/c1-3(2)4;1-2-3-4/h3H,1-2H3;2-3H2,1H3. The first kappa shape index (κ1) is 11.7. The molecule has 0 unspecified atom stereocenters. The molecule has 0 saturated heterocycles. The van der Waals surface area contributed by atoms with Crippen LogP contribution in [0.5, 0.6) is 0 Å². The highest BCUT2D eigenvalue weighted by molar-refractivity contribution is 9.09. The Morgan fingerprint density at radius 2 is 1.50 bits per heavy atom. The van der Waals surface area contributed by atoms with Gasteiger partial charge < -0.3 is 0 Å². The monoisotopic (exact) mass is 244 g/mol. The SMILES string of the molecule is CC(C)Br.CCCBr. The van der Waals surface area contributed by atoms with Crippen molar-refractivity contribution >= 4 is 31.9 Å². The Bertz CT molecular complexity index is 23.0. The molecule has 0 radical (unpaired) electrons. The lowest BCUT2D eigenvalue weighted by Crippen LogP contribution is -1.69. The van der Waals surface area contributed by atoms with Crippen LogP contribution in [0.3, 0.4) is 0 Å². The number of rotatable bonds is 1. The summed E-state index contributed by atoms with van der Waals surface area (Å²) in [5.41, 5.74) is 0. The van der Waals surface area contributed by atoms with Crippen LogP contribution in [0.2, 0.25) is 0 Å². The first-order valence-corrected chi connectivity index (χ1v) is 4.88. The summed E-state index contributed by atoms with van der Waals surface area (Å²) < 4.78 is 0. The van der Waals surface area contributed by atoms with Crippen LogP contribution >= 0.6 is 31.9 Å². The van der Waals surface area contributed by atoms with Crippen molar-refractivity contribution in [2.45, 2.75) is 32.0 Å². The Labute approximate surface area is 69.3 Å². The van der Waals surface area contributed by atoms with Gasteiger partial charge in [0.15, 0.2) is 0 Å². The Kier molecular flexibility index (Phi) is 15.9. The molecule has 0 aromatic heterocycles. The van der Waals surface area contributed by atoms with E-state index in [1.165, 1.54) is 6.42 Å². The molecule has 0 spiro atoms. The van der Waals surface area contributed by atoms with Gasteiger partial charge in [0.2, 0.25) is 0 Å². The zero-order chi connectivity index (χ0) is 6.99. The van der Waals surface area contributed by atoms with Crippen molar-refractivity contribution in [3.05, 3.63) is 0 Å². The second-order valence-electron chi connectivity index (χ2n) is 1.70. The third kappa shape index (κ3) is 64.4. The topological polar surface area (TPSA) is 0 Å². The lowest BCUT2D eigenvalue weighted by Gasteiger charge is -1.76. The first-order chi connectivity index (χ1) is 3.65. The molecule has 0 aliphatic carbocycles. The van der Waals surface area contributed by atoms with E-state index in [-0.39, 0.29) is 0 Å². The fraction of sp³-hybridized carbons (Fsp3) is 1.00. The summed E-state index contributed by atoms with van der Waals surface area (Å²) in [6.07, 6.45) is 1.24. The normalized spacial score (nSPS) is 8.25.